The molecule has 1 saturated heterocycles. The van der Waals surface area contributed by atoms with Crippen LogP contribution in [0.2, 0.25) is 0 Å². The Morgan fingerprint density at radius 2 is 1.69 bits per heavy atom. The largest absolute Gasteiger partial charge is 0.480 e. The molecule has 2 amide bonds. The normalized spacial score (nSPS) is 26.6. The fraction of sp³-hybridized carbons (Fsp3) is 0.500. The first-order valence-electron chi connectivity index (χ1n) is 8.66. The fourth-order valence-electron chi connectivity index (χ4n) is 4.13. The van der Waals surface area contributed by atoms with Crippen molar-refractivity contribution in [2.24, 2.45) is 11.8 Å². The van der Waals surface area contributed by atoms with Crippen LogP contribution in [0.15, 0.2) is 18.2 Å². The van der Waals surface area contributed by atoms with E-state index in [4.69, 9.17) is 9.47 Å². The molecule has 8 heteroatoms. The van der Waals surface area contributed by atoms with E-state index in [2.05, 4.69) is 0 Å². The lowest BCUT2D eigenvalue weighted by Crippen LogP contribution is -2.49. The summed E-state index contributed by atoms with van der Waals surface area (Å²) in [5.41, 5.74) is 0.247. The van der Waals surface area contributed by atoms with Gasteiger partial charge in [0.15, 0.2) is 17.5 Å². The van der Waals surface area contributed by atoms with E-state index in [9.17, 15) is 24.6 Å². The second-order valence-corrected chi connectivity index (χ2v) is 6.88. The standard InChI is InChI=1S/C18H19NO7/c20-15(9-5-6-12-13(7-9)26-8-25-12)14(18(23)24)19-16(21)10-3-1-2-4-11(10)17(19)22/h5-7,10-11,14-15,20H,1-4,8H2,(H,23,24)/t10-,11+,14-,15+/m0/s1. The summed E-state index contributed by atoms with van der Waals surface area (Å²) in [6.45, 7) is 0.0453. The van der Waals surface area contributed by atoms with Gasteiger partial charge >= 0.3 is 5.97 Å². The van der Waals surface area contributed by atoms with Gasteiger partial charge in [-0.2, -0.15) is 0 Å². The van der Waals surface area contributed by atoms with E-state index >= 15 is 0 Å². The van der Waals surface area contributed by atoms with Crippen molar-refractivity contribution < 1.29 is 34.1 Å². The van der Waals surface area contributed by atoms with Crippen LogP contribution < -0.4 is 9.47 Å². The first-order valence-corrected chi connectivity index (χ1v) is 8.66. The summed E-state index contributed by atoms with van der Waals surface area (Å²) in [5.74, 6) is -2.47. The van der Waals surface area contributed by atoms with Gasteiger partial charge in [0.2, 0.25) is 18.6 Å². The summed E-state index contributed by atoms with van der Waals surface area (Å²) in [7, 11) is 0. The zero-order chi connectivity index (χ0) is 18.4. The topological polar surface area (TPSA) is 113 Å². The molecule has 8 nitrogen and oxygen atoms in total. The highest BCUT2D eigenvalue weighted by Gasteiger charge is 2.53. The van der Waals surface area contributed by atoms with Crippen LogP contribution in [0.25, 0.3) is 0 Å². The quantitative estimate of drug-likeness (QED) is 0.771. The molecule has 0 bridgehead atoms. The number of amides is 2. The Labute approximate surface area is 149 Å². The Morgan fingerprint density at radius 1 is 1.08 bits per heavy atom. The molecule has 2 fully saturated rings. The number of fused-ring (bicyclic) bond motifs is 2. The summed E-state index contributed by atoms with van der Waals surface area (Å²) >= 11 is 0. The number of hydrogen-bond donors (Lipinski definition) is 2. The molecule has 1 saturated carbocycles. The van der Waals surface area contributed by atoms with Crippen molar-refractivity contribution in [1.82, 2.24) is 4.90 Å². The fourth-order valence-corrected chi connectivity index (χ4v) is 4.13. The van der Waals surface area contributed by atoms with Crippen LogP contribution >= 0.6 is 0 Å². The third-order valence-corrected chi connectivity index (χ3v) is 5.44. The minimum absolute atomic E-state index is 0.0453. The van der Waals surface area contributed by atoms with Gasteiger partial charge in [0.1, 0.15) is 6.10 Å². The number of carboxylic acids is 1. The molecule has 2 aliphatic heterocycles. The van der Waals surface area contributed by atoms with Gasteiger partial charge in [0, 0.05) is 0 Å². The molecule has 2 N–H and O–H groups in total. The maximum Gasteiger partial charge on any atom is 0.330 e. The van der Waals surface area contributed by atoms with E-state index in [-0.39, 0.29) is 12.4 Å². The molecular formula is C18H19NO7. The van der Waals surface area contributed by atoms with Gasteiger partial charge in [-0.15, -0.1) is 0 Å². The van der Waals surface area contributed by atoms with E-state index in [0.717, 1.165) is 17.7 Å². The number of benzene rings is 1. The summed E-state index contributed by atoms with van der Waals surface area (Å²) in [4.78, 5) is 38.0. The van der Waals surface area contributed by atoms with Gasteiger partial charge in [-0.3, -0.25) is 14.5 Å². The highest BCUT2D eigenvalue weighted by molar-refractivity contribution is 6.07. The van der Waals surface area contributed by atoms with E-state index < -0.39 is 41.8 Å². The second kappa shape index (κ2) is 6.28. The van der Waals surface area contributed by atoms with Gasteiger partial charge in [-0.05, 0) is 30.5 Å². The van der Waals surface area contributed by atoms with Crippen LogP contribution in [0.1, 0.15) is 37.4 Å². The molecule has 1 aromatic rings. The third kappa shape index (κ3) is 2.52. The molecule has 0 spiro atoms. The number of imide groups is 1. The SMILES string of the molecule is O=C(O)[C@H]([C@H](O)c1ccc2c(c1)OCO2)N1C(=O)[C@H]2CCCC[C@H]2C1=O. The van der Waals surface area contributed by atoms with Crippen molar-refractivity contribution in [3.63, 3.8) is 0 Å². The summed E-state index contributed by atoms with van der Waals surface area (Å²) < 4.78 is 10.4. The Kier molecular flexibility index (Phi) is 4.07. The molecule has 0 aromatic heterocycles. The molecular weight excluding hydrogens is 342 g/mol. The smallest absolute Gasteiger partial charge is 0.330 e. The van der Waals surface area contributed by atoms with E-state index in [1.807, 2.05) is 0 Å². The number of aliphatic hydroxyl groups excluding tert-OH is 1. The number of likely N-dealkylation sites (tertiary alicyclic amines) is 1. The molecule has 4 atom stereocenters. The van der Waals surface area contributed by atoms with Gasteiger partial charge < -0.3 is 19.7 Å². The lowest BCUT2D eigenvalue weighted by molar-refractivity contribution is -0.160. The Bertz CT molecular complexity index is 753. The van der Waals surface area contributed by atoms with Crippen molar-refractivity contribution >= 4 is 17.8 Å². The molecule has 1 aliphatic carbocycles. The predicted octanol–water partition coefficient (Wildman–Crippen LogP) is 1.08. The number of carbonyl (C=O) groups excluding carboxylic acids is 2. The summed E-state index contributed by atoms with van der Waals surface area (Å²) in [5, 5.41) is 20.4. The number of rotatable bonds is 4. The van der Waals surface area contributed by atoms with Gasteiger partial charge in [-0.1, -0.05) is 18.9 Å². The minimum Gasteiger partial charge on any atom is -0.480 e. The summed E-state index contributed by atoms with van der Waals surface area (Å²) in [6, 6.07) is 2.88. The Morgan fingerprint density at radius 3 is 2.31 bits per heavy atom. The number of nitrogens with zero attached hydrogens (tertiary/aromatic N) is 1. The zero-order valence-corrected chi connectivity index (χ0v) is 14.0. The number of ether oxygens (including phenoxy) is 2. The van der Waals surface area contributed by atoms with Gasteiger partial charge in [0.25, 0.3) is 0 Å². The molecule has 2 heterocycles. The number of carbonyl (C=O) groups is 3. The minimum atomic E-state index is -1.67. The van der Waals surface area contributed by atoms with E-state index in [1.54, 1.807) is 6.07 Å². The average molecular weight is 361 g/mol. The number of carboxylic acid groups (broad SMARTS) is 1. The molecule has 138 valence electrons. The molecule has 1 aromatic carbocycles. The number of aliphatic hydroxyl groups is 1. The number of hydrogen-bond acceptors (Lipinski definition) is 6. The Hall–Kier alpha value is -2.61. The van der Waals surface area contributed by atoms with Crippen LogP contribution in [0, 0.1) is 11.8 Å². The van der Waals surface area contributed by atoms with Crippen LogP contribution in [-0.4, -0.2) is 45.7 Å². The molecule has 26 heavy (non-hydrogen) atoms. The van der Waals surface area contributed by atoms with E-state index in [1.165, 1.54) is 12.1 Å². The lowest BCUT2D eigenvalue weighted by atomic mass is 9.81. The van der Waals surface area contributed by atoms with Crippen LogP contribution in [0.4, 0.5) is 0 Å². The Balaban J connectivity index is 1.66. The molecule has 3 aliphatic rings. The van der Waals surface area contributed by atoms with E-state index in [0.29, 0.717) is 24.3 Å². The number of aliphatic carboxylic acids is 1. The summed E-state index contributed by atoms with van der Waals surface area (Å²) in [6.07, 6.45) is 1.29. The van der Waals surface area contributed by atoms with Crippen molar-refractivity contribution in [2.75, 3.05) is 6.79 Å². The zero-order valence-electron chi connectivity index (χ0n) is 14.0. The van der Waals surface area contributed by atoms with Crippen molar-refractivity contribution in [1.29, 1.82) is 0 Å². The molecule has 4 rings (SSSR count). The van der Waals surface area contributed by atoms with Crippen molar-refractivity contribution in [3.05, 3.63) is 23.8 Å². The molecule has 0 radical (unpaired) electrons. The lowest BCUT2D eigenvalue weighted by Gasteiger charge is -2.27. The van der Waals surface area contributed by atoms with Crippen LogP contribution in [0.5, 0.6) is 11.5 Å². The van der Waals surface area contributed by atoms with Gasteiger partial charge in [-0.25, -0.2) is 4.79 Å². The van der Waals surface area contributed by atoms with Crippen molar-refractivity contribution in [3.8, 4) is 11.5 Å². The maximum atomic E-state index is 12.7. The third-order valence-electron chi connectivity index (χ3n) is 5.44. The second-order valence-electron chi connectivity index (χ2n) is 6.88. The highest BCUT2D eigenvalue weighted by atomic mass is 16.7. The monoisotopic (exact) mass is 361 g/mol. The predicted molar refractivity (Wildman–Crippen MR) is 86.2 cm³/mol. The van der Waals surface area contributed by atoms with Crippen LogP contribution in [-0.2, 0) is 14.4 Å². The van der Waals surface area contributed by atoms with Crippen LogP contribution in [0.3, 0.4) is 0 Å². The van der Waals surface area contributed by atoms with Crippen molar-refractivity contribution in [2.45, 2.75) is 37.8 Å². The van der Waals surface area contributed by atoms with Gasteiger partial charge in [0.05, 0.1) is 11.8 Å². The maximum absolute atomic E-state index is 12.7. The first kappa shape index (κ1) is 16.8. The molecule has 0 unspecified atom stereocenters. The first-order chi connectivity index (χ1) is 12.5. The average Bonchev–Trinajstić information content (AvgIpc) is 3.20. The highest BCUT2D eigenvalue weighted by Crippen LogP contribution is 2.41.